The molecule has 0 saturated carbocycles. The molecule has 138 valence electrons. The molecule has 2 heterocycles. The van der Waals surface area contributed by atoms with Gasteiger partial charge in [0.15, 0.2) is 11.6 Å². The first kappa shape index (κ1) is 17.4. The average molecular weight is 363 g/mol. The predicted octanol–water partition coefficient (Wildman–Crippen LogP) is 4.28. The second kappa shape index (κ2) is 7.32. The topological polar surface area (TPSA) is 56.8 Å². The number of hydrogen-bond donors (Lipinski definition) is 2. The summed E-state index contributed by atoms with van der Waals surface area (Å²) in [5.41, 5.74) is 1.84. The fraction of sp³-hybridized carbons (Fsp3) is 0.238. The molecule has 6 heteroatoms. The maximum Gasteiger partial charge on any atom is 0.181 e. The number of nitrogens with one attached hydrogen (secondary N) is 2. The molecule has 0 atom stereocenters. The average Bonchev–Trinajstić information content (AvgIpc) is 3.02. The van der Waals surface area contributed by atoms with Crippen LogP contribution in [-0.2, 0) is 0 Å². The van der Waals surface area contributed by atoms with Crippen molar-refractivity contribution in [1.29, 1.82) is 0 Å². The van der Waals surface area contributed by atoms with E-state index in [0.29, 0.717) is 16.9 Å². The predicted molar refractivity (Wildman–Crippen MR) is 108 cm³/mol. The first-order valence-corrected chi connectivity index (χ1v) is 9.05. The minimum absolute atomic E-state index is 0.318. The number of fused-ring (bicyclic) bond motifs is 2. The van der Waals surface area contributed by atoms with Crippen LogP contribution in [-0.4, -0.2) is 47.0 Å². The van der Waals surface area contributed by atoms with Crippen molar-refractivity contribution in [1.82, 2.24) is 19.9 Å². The second-order valence-corrected chi connectivity index (χ2v) is 6.86. The molecule has 0 saturated heterocycles. The molecule has 0 amide bonds. The van der Waals surface area contributed by atoms with Crippen molar-refractivity contribution in [3.8, 4) is 11.5 Å². The molecule has 0 aliphatic rings. The smallest absolute Gasteiger partial charge is 0.181 e. The number of hydrogen-bond acceptors (Lipinski definition) is 4. The van der Waals surface area contributed by atoms with Crippen molar-refractivity contribution in [3.63, 3.8) is 0 Å². The molecular formula is C21H22FN5. The molecule has 2 N–H and O–H groups in total. The van der Waals surface area contributed by atoms with Gasteiger partial charge in [0, 0.05) is 22.8 Å². The molecule has 0 aliphatic heterocycles. The summed E-state index contributed by atoms with van der Waals surface area (Å²) in [6.45, 7) is 1.77. The summed E-state index contributed by atoms with van der Waals surface area (Å²) < 4.78 is 14.9. The van der Waals surface area contributed by atoms with Crippen LogP contribution < -0.4 is 5.32 Å². The van der Waals surface area contributed by atoms with Crippen molar-refractivity contribution >= 4 is 27.6 Å². The van der Waals surface area contributed by atoms with E-state index in [4.69, 9.17) is 0 Å². The Morgan fingerprint density at radius 2 is 1.74 bits per heavy atom. The highest BCUT2D eigenvalue weighted by Crippen LogP contribution is 2.29. The lowest BCUT2D eigenvalue weighted by atomic mass is 10.2. The van der Waals surface area contributed by atoms with E-state index in [9.17, 15) is 4.39 Å². The van der Waals surface area contributed by atoms with Gasteiger partial charge in [-0.25, -0.2) is 14.4 Å². The Morgan fingerprint density at radius 1 is 1.00 bits per heavy atom. The summed E-state index contributed by atoms with van der Waals surface area (Å²) >= 11 is 0. The van der Waals surface area contributed by atoms with Crippen molar-refractivity contribution in [2.24, 2.45) is 0 Å². The Morgan fingerprint density at radius 3 is 2.52 bits per heavy atom. The second-order valence-electron chi connectivity index (χ2n) is 6.86. The quantitative estimate of drug-likeness (QED) is 0.502. The molecule has 0 unspecified atom stereocenters. The van der Waals surface area contributed by atoms with Gasteiger partial charge >= 0.3 is 0 Å². The summed E-state index contributed by atoms with van der Waals surface area (Å²) in [4.78, 5) is 14.5. The van der Waals surface area contributed by atoms with Crippen LogP contribution in [0.2, 0.25) is 0 Å². The first-order valence-electron chi connectivity index (χ1n) is 9.05. The van der Waals surface area contributed by atoms with Gasteiger partial charge in [-0.05, 0) is 51.3 Å². The SMILES string of the molecule is CN(C)CCCNc1nc(-c2[nH]c3ccccc3c2F)nc2ccccc12. The normalized spacial score (nSPS) is 11.6. The molecule has 27 heavy (non-hydrogen) atoms. The summed E-state index contributed by atoms with van der Waals surface area (Å²) in [5, 5.41) is 4.87. The van der Waals surface area contributed by atoms with Gasteiger partial charge in [-0.3, -0.25) is 0 Å². The summed E-state index contributed by atoms with van der Waals surface area (Å²) in [7, 11) is 4.10. The summed E-state index contributed by atoms with van der Waals surface area (Å²) in [5.74, 6) is 0.768. The van der Waals surface area contributed by atoms with Crippen LogP contribution in [0, 0.1) is 5.82 Å². The van der Waals surface area contributed by atoms with Crippen molar-refractivity contribution < 1.29 is 4.39 Å². The van der Waals surface area contributed by atoms with Crippen LogP contribution in [0.3, 0.4) is 0 Å². The zero-order chi connectivity index (χ0) is 18.8. The number of anilines is 1. The van der Waals surface area contributed by atoms with Gasteiger partial charge < -0.3 is 15.2 Å². The van der Waals surface area contributed by atoms with E-state index in [2.05, 4.69) is 39.3 Å². The van der Waals surface area contributed by atoms with E-state index in [1.54, 1.807) is 6.07 Å². The number of H-pyrrole nitrogens is 1. The molecular weight excluding hydrogens is 341 g/mol. The molecule has 4 aromatic rings. The number of para-hydroxylation sites is 2. The first-order chi connectivity index (χ1) is 13.1. The lowest BCUT2D eigenvalue weighted by molar-refractivity contribution is 0.405. The summed E-state index contributed by atoms with van der Waals surface area (Å²) in [6.07, 6.45) is 0.988. The van der Waals surface area contributed by atoms with E-state index in [0.717, 1.165) is 41.7 Å². The Hall–Kier alpha value is -2.99. The van der Waals surface area contributed by atoms with Gasteiger partial charge in [-0.15, -0.1) is 0 Å². The highest BCUT2D eigenvalue weighted by Gasteiger charge is 2.17. The van der Waals surface area contributed by atoms with E-state index in [1.807, 2.05) is 42.5 Å². The van der Waals surface area contributed by atoms with Gasteiger partial charge in [0.05, 0.1) is 5.52 Å². The van der Waals surface area contributed by atoms with Crippen LogP contribution in [0.15, 0.2) is 48.5 Å². The lowest BCUT2D eigenvalue weighted by Crippen LogP contribution is -2.17. The fourth-order valence-electron chi connectivity index (χ4n) is 3.19. The highest BCUT2D eigenvalue weighted by atomic mass is 19.1. The Balaban J connectivity index is 1.75. The minimum atomic E-state index is -0.320. The van der Waals surface area contributed by atoms with Crippen molar-refractivity contribution in [2.45, 2.75) is 6.42 Å². The van der Waals surface area contributed by atoms with Gasteiger partial charge in [0.2, 0.25) is 0 Å². The molecule has 0 aliphatic carbocycles. The third-order valence-corrected chi connectivity index (χ3v) is 4.54. The molecule has 0 bridgehead atoms. The van der Waals surface area contributed by atoms with E-state index < -0.39 is 0 Å². The number of aromatic amines is 1. The van der Waals surface area contributed by atoms with E-state index in [1.165, 1.54) is 0 Å². The molecule has 4 rings (SSSR count). The Bertz CT molecular complexity index is 1090. The molecule has 5 nitrogen and oxygen atoms in total. The van der Waals surface area contributed by atoms with Crippen molar-refractivity contribution in [2.75, 3.05) is 32.5 Å². The zero-order valence-electron chi connectivity index (χ0n) is 15.5. The largest absolute Gasteiger partial charge is 0.369 e. The van der Waals surface area contributed by atoms with Crippen molar-refractivity contribution in [3.05, 3.63) is 54.3 Å². The molecule has 0 radical (unpaired) electrons. The molecule has 0 fully saturated rings. The fourth-order valence-corrected chi connectivity index (χ4v) is 3.19. The van der Waals surface area contributed by atoms with Gasteiger partial charge in [0.1, 0.15) is 11.5 Å². The Kier molecular flexibility index (Phi) is 4.73. The van der Waals surface area contributed by atoms with Crippen LogP contribution in [0.5, 0.6) is 0 Å². The van der Waals surface area contributed by atoms with Gasteiger partial charge in [-0.1, -0.05) is 24.3 Å². The number of benzene rings is 2. The number of rotatable bonds is 6. The van der Waals surface area contributed by atoms with Crippen LogP contribution >= 0.6 is 0 Å². The Labute approximate surface area is 157 Å². The molecule has 0 spiro atoms. The standard InChI is InChI=1S/C21H22FN5/c1-27(2)13-7-12-23-20-15-9-4-6-11-17(15)25-21(26-20)19-18(22)14-8-3-5-10-16(14)24-19/h3-6,8-11,24H,7,12-13H2,1-2H3,(H,23,25,26). The zero-order valence-corrected chi connectivity index (χ0v) is 15.5. The molecule has 2 aromatic heterocycles. The third kappa shape index (κ3) is 3.48. The monoisotopic (exact) mass is 363 g/mol. The number of halogens is 1. The summed E-state index contributed by atoms with van der Waals surface area (Å²) in [6, 6.07) is 15.1. The number of nitrogens with zero attached hydrogens (tertiary/aromatic N) is 3. The molecule has 2 aromatic carbocycles. The lowest BCUT2D eigenvalue weighted by Gasteiger charge is -2.12. The van der Waals surface area contributed by atoms with E-state index >= 15 is 0 Å². The third-order valence-electron chi connectivity index (χ3n) is 4.54. The maximum atomic E-state index is 14.9. The van der Waals surface area contributed by atoms with Crippen LogP contribution in [0.1, 0.15) is 6.42 Å². The maximum absolute atomic E-state index is 14.9. The van der Waals surface area contributed by atoms with E-state index in [-0.39, 0.29) is 5.82 Å². The minimum Gasteiger partial charge on any atom is -0.369 e. The van der Waals surface area contributed by atoms with Gasteiger partial charge in [0.25, 0.3) is 0 Å². The highest BCUT2D eigenvalue weighted by molar-refractivity contribution is 5.92. The van der Waals surface area contributed by atoms with Crippen LogP contribution in [0.25, 0.3) is 33.3 Å². The van der Waals surface area contributed by atoms with Gasteiger partial charge in [-0.2, -0.15) is 0 Å². The number of aromatic nitrogens is 3. The van der Waals surface area contributed by atoms with Crippen LogP contribution in [0.4, 0.5) is 10.2 Å².